The van der Waals surface area contributed by atoms with Crippen LogP contribution in [-0.2, 0) is 9.59 Å². The van der Waals surface area contributed by atoms with Crippen LogP contribution < -0.4 is 5.32 Å². The molecular weight excluding hydrogens is 250 g/mol. The topological polar surface area (TPSA) is 66.4 Å². The number of hydrogen-bond acceptors (Lipinski definition) is 3. The van der Waals surface area contributed by atoms with Crippen molar-refractivity contribution in [3.8, 4) is 0 Å². The number of nitrogens with one attached hydrogen (secondary N) is 1. The summed E-state index contributed by atoms with van der Waals surface area (Å²) < 4.78 is 0. The van der Waals surface area contributed by atoms with Crippen molar-refractivity contribution < 1.29 is 14.7 Å². The van der Waals surface area contributed by atoms with Crippen molar-refractivity contribution >= 4 is 23.6 Å². The molecule has 0 unspecified atom stereocenters. The summed E-state index contributed by atoms with van der Waals surface area (Å²) in [4.78, 5) is 23.1. The zero-order valence-electron chi connectivity index (χ0n) is 11.0. The van der Waals surface area contributed by atoms with Gasteiger partial charge in [0.05, 0.1) is 0 Å². The minimum absolute atomic E-state index is 0.0172. The first-order valence-electron chi connectivity index (χ1n) is 6.67. The zero-order valence-corrected chi connectivity index (χ0v) is 11.8. The Kier molecular flexibility index (Phi) is 7.16. The summed E-state index contributed by atoms with van der Waals surface area (Å²) in [5, 5.41) is 11.8. The second-order valence-electron chi connectivity index (χ2n) is 4.87. The highest BCUT2D eigenvalue weighted by molar-refractivity contribution is 7.98. The molecule has 5 heteroatoms. The molecule has 1 amide bonds. The number of carbonyl (C=O) groups excluding carboxylic acids is 1. The normalized spacial score (nSPS) is 18.9. The predicted molar refractivity (Wildman–Crippen MR) is 73.8 cm³/mol. The van der Waals surface area contributed by atoms with Gasteiger partial charge in [0.15, 0.2) is 0 Å². The summed E-state index contributed by atoms with van der Waals surface area (Å²) in [5.41, 5.74) is 0. The average molecular weight is 273 g/mol. The lowest BCUT2D eigenvalue weighted by atomic mass is 9.99. The monoisotopic (exact) mass is 273 g/mol. The molecule has 0 aromatic heterocycles. The molecule has 1 aliphatic carbocycles. The van der Waals surface area contributed by atoms with Gasteiger partial charge < -0.3 is 10.4 Å². The van der Waals surface area contributed by atoms with Gasteiger partial charge in [0.2, 0.25) is 5.91 Å². The van der Waals surface area contributed by atoms with Crippen LogP contribution in [0.5, 0.6) is 0 Å². The van der Waals surface area contributed by atoms with E-state index >= 15 is 0 Å². The molecule has 1 aliphatic rings. The first-order chi connectivity index (χ1) is 8.65. The lowest BCUT2D eigenvalue weighted by Crippen LogP contribution is -2.43. The molecule has 0 bridgehead atoms. The quantitative estimate of drug-likeness (QED) is 0.729. The first-order valence-corrected chi connectivity index (χ1v) is 8.06. The smallest absolute Gasteiger partial charge is 0.326 e. The maximum atomic E-state index is 12.0. The van der Waals surface area contributed by atoms with Gasteiger partial charge in [-0.1, -0.05) is 25.7 Å². The van der Waals surface area contributed by atoms with Crippen LogP contribution >= 0.6 is 11.8 Å². The molecule has 1 saturated carbocycles. The number of aliphatic carboxylic acids is 1. The number of carboxylic acid groups (broad SMARTS) is 1. The van der Waals surface area contributed by atoms with Gasteiger partial charge in [-0.3, -0.25) is 4.79 Å². The largest absolute Gasteiger partial charge is 0.480 e. The number of thioether (sulfide) groups is 1. The van der Waals surface area contributed by atoms with Crippen molar-refractivity contribution in [3.05, 3.63) is 0 Å². The molecule has 2 N–H and O–H groups in total. The van der Waals surface area contributed by atoms with E-state index in [-0.39, 0.29) is 11.8 Å². The molecule has 1 atom stereocenters. The van der Waals surface area contributed by atoms with Crippen molar-refractivity contribution in [2.75, 3.05) is 12.0 Å². The third-order valence-electron chi connectivity index (χ3n) is 3.45. The highest BCUT2D eigenvalue weighted by Crippen LogP contribution is 2.23. The van der Waals surface area contributed by atoms with Gasteiger partial charge in [-0.2, -0.15) is 11.8 Å². The van der Waals surface area contributed by atoms with Crippen molar-refractivity contribution in [1.29, 1.82) is 0 Å². The maximum Gasteiger partial charge on any atom is 0.326 e. The van der Waals surface area contributed by atoms with Gasteiger partial charge in [-0.05, 0) is 31.3 Å². The van der Waals surface area contributed by atoms with Crippen LogP contribution in [0.15, 0.2) is 0 Å². The Labute approximate surface area is 113 Å². The summed E-state index contributed by atoms with van der Waals surface area (Å²) in [6, 6.07) is -0.729. The predicted octanol–water partition coefficient (Wildman–Crippen LogP) is 2.28. The molecule has 0 aliphatic heterocycles. The van der Waals surface area contributed by atoms with E-state index in [1.165, 1.54) is 12.8 Å². The molecule has 18 heavy (non-hydrogen) atoms. The van der Waals surface area contributed by atoms with Crippen LogP contribution in [0.3, 0.4) is 0 Å². The third-order valence-corrected chi connectivity index (χ3v) is 4.10. The van der Waals surface area contributed by atoms with Gasteiger partial charge in [0, 0.05) is 5.92 Å². The molecule has 4 nitrogen and oxygen atoms in total. The van der Waals surface area contributed by atoms with Crippen molar-refractivity contribution in [2.45, 2.75) is 51.0 Å². The van der Waals surface area contributed by atoms with Crippen LogP contribution in [0.4, 0.5) is 0 Å². The lowest BCUT2D eigenvalue weighted by Gasteiger charge is -2.18. The lowest BCUT2D eigenvalue weighted by molar-refractivity contribution is -0.142. The molecule has 0 radical (unpaired) electrons. The Balaban J connectivity index is 2.45. The van der Waals surface area contributed by atoms with Crippen LogP contribution in [0.25, 0.3) is 0 Å². The number of carboxylic acids is 1. The van der Waals surface area contributed by atoms with Crippen molar-refractivity contribution in [1.82, 2.24) is 5.32 Å². The van der Waals surface area contributed by atoms with E-state index in [2.05, 4.69) is 5.32 Å². The van der Waals surface area contributed by atoms with Gasteiger partial charge in [0.1, 0.15) is 6.04 Å². The van der Waals surface area contributed by atoms with Crippen molar-refractivity contribution in [3.63, 3.8) is 0 Å². The molecule has 0 spiro atoms. The maximum absolute atomic E-state index is 12.0. The van der Waals surface area contributed by atoms with Gasteiger partial charge >= 0.3 is 5.97 Å². The Hall–Kier alpha value is -0.710. The highest BCUT2D eigenvalue weighted by atomic mass is 32.2. The van der Waals surface area contributed by atoms with E-state index in [0.717, 1.165) is 31.4 Å². The molecule has 1 rings (SSSR count). The Morgan fingerprint density at radius 2 is 1.89 bits per heavy atom. The minimum atomic E-state index is -0.925. The van der Waals surface area contributed by atoms with Crippen molar-refractivity contribution in [2.24, 2.45) is 5.92 Å². The van der Waals surface area contributed by atoms with E-state index in [0.29, 0.717) is 6.42 Å². The standard InChI is InChI=1S/C13H23NO3S/c1-18-9-8-11(13(16)17)14-12(15)10-6-4-2-3-5-7-10/h10-11H,2-9H2,1H3,(H,14,15)(H,16,17)/t11-/m1/s1. The van der Waals surface area contributed by atoms with Crippen LogP contribution in [0.2, 0.25) is 0 Å². The summed E-state index contributed by atoms with van der Waals surface area (Å²) in [5.74, 6) is -0.220. The van der Waals surface area contributed by atoms with E-state index in [4.69, 9.17) is 5.11 Å². The Bertz CT molecular complexity index is 275. The SMILES string of the molecule is CSCC[C@@H](NC(=O)C1CCCCCC1)C(=O)O. The summed E-state index contributed by atoms with van der Waals surface area (Å²) in [6.45, 7) is 0. The van der Waals surface area contributed by atoms with Crippen LogP contribution in [0, 0.1) is 5.92 Å². The first kappa shape index (κ1) is 15.3. The summed E-state index contributed by atoms with van der Waals surface area (Å²) in [6.07, 6.45) is 8.79. The minimum Gasteiger partial charge on any atom is -0.480 e. The molecule has 0 aromatic carbocycles. The second-order valence-corrected chi connectivity index (χ2v) is 5.85. The van der Waals surface area contributed by atoms with E-state index < -0.39 is 12.0 Å². The van der Waals surface area contributed by atoms with Crippen LogP contribution in [-0.4, -0.2) is 35.0 Å². The fraction of sp³-hybridized carbons (Fsp3) is 0.846. The molecular formula is C13H23NO3S. The molecule has 0 aromatic rings. The zero-order chi connectivity index (χ0) is 13.4. The van der Waals surface area contributed by atoms with E-state index in [1.54, 1.807) is 11.8 Å². The van der Waals surface area contributed by atoms with Gasteiger partial charge in [-0.15, -0.1) is 0 Å². The summed E-state index contributed by atoms with van der Waals surface area (Å²) >= 11 is 1.60. The highest BCUT2D eigenvalue weighted by Gasteiger charge is 2.25. The molecule has 104 valence electrons. The average Bonchev–Trinajstić information content (AvgIpc) is 2.62. The third kappa shape index (κ3) is 5.29. The Morgan fingerprint density at radius 1 is 1.28 bits per heavy atom. The number of amides is 1. The molecule has 0 saturated heterocycles. The molecule has 1 fully saturated rings. The van der Waals surface area contributed by atoms with Gasteiger partial charge in [-0.25, -0.2) is 4.79 Å². The number of carbonyl (C=O) groups is 2. The fourth-order valence-electron chi connectivity index (χ4n) is 2.32. The Morgan fingerprint density at radius 3 is 2.39 bits per heavy atom. The van der Waals surface area contributed by atoms with E-state index in [9.17, 15) is 9.59 Å². The molecule has 0 heterocycles. The van der Waals surface area contributed by atoms with Crippen LogP contribution in [0.1, 0.15) is 44.9 Å². The summed E-state index contributed by atoms with van der Waals surface area (Å²) in [7, 11) is 0. The second kappa shape index (κ2) is 8.40. The van der Waals surface area contributed by atoms with E-state index in [1.807, 2.05) is 6.26 Å². The number of rotatable bonds is 6. The number of hydrogen-bond donors (Lipinski definition) is 2. The fourth-order valence-corrected chi connectivity index (χ4v) is 2.80. The van der Waals surface area contributed by atoms with Gasteiger partial charge in [0.25, 0.3) is 0 Å².